The van der Waals surface area contributed by atoms with E-state index in [1.54, 1.807) is 11.8 Å². The molecule has 0 spiro atoms. The molecule has 0 N–H and O–H groups in total. The topological polar surface area (TPSA) is 62.5 Å². The van der Waals surface area contributed by atoms with E-state index >= 15 is 0 Å². The molecule has 2 aromatic rings. The average molecular weight is 379 g/mol. The normalized spacial score (nSPS) is 14.8. The number of nitrogens with zero attached hydrogens (tertiary/aromatic N) is 4. The standard InChI is InChI=1S/C17H22N4O2S2/c1-13-4-3-5-14(10-13)20-6-8-21(9-7-20)16(22)12-25-17-19-18-15(23-17)11-24-2/h3-5,10H,6-9,11-12H2,1-2H3. The first-order valence-corrected chi connectivity index (χ1v) is 10.6. The van der Waals surface area contributed by atoms with Crippen molar-refractivity contribution in [1.82, 2.24) is 15.1 Å². The van der Waals surface area contributed by atoms with E-state index < -0.39 is 0 Å². The Balaban J connectivity index is 1.46. The van der Waals surface area contributed by atoms with E-state index in [0.717, 1.165) is 26.2 Å². The highest BCUT2D eigenvalue weighted by molar-refractivity contribution is 7.99. The van der Waals surface area contributed by atoms with Crippen molar-refractivity contribution in [3.8, 4) is 0 Å². The molecule has 1 amide bonds. The van der Waals surface area contributed by atoms with Crippen LogP contribution in [0.1, 0.15) is 11.5 Å². The fraction of sp³-hybridized carbons (Fsp3) is 0.471. The van der Waals surface area contributed by atoms with Crippen molar-refractivity contribution in [3.05, 3.63) is 35.7 Å². The Bertz CT molecular complexity index is 714. The Hall–Kier alpha value is -1.67. The number of carbonyl (C=O) groups is 1. The number of hydrogen-bond acceptors (Lipinski definition) is 7. The van der Waals surface area contributed by atoms with E-state index in [1.165, 1.54) is 23.0 Å². The van der Waals surface area contributed by atoms with Crippen molar-refractivity contribution < 1.29 is 9.21 Å². The lowest BCUT2D eigenvalue weighted by Crippen LogP contribution is -2.49. The monoisotopic (exact) mass is 378 g/mol. The van der Waals surface area contributed by atoms with Crippen molar-refractivity contribution in [1.29, 1.82) is 0 Å². The molecular weight excluding hydrogens is 356 g/mol. The summed E-state index contributed by atoms with van der Waals surface area (Å²) in [6.45, 7) is 5.31. The van der Waals surface area contributed by atoms with E-state index in [0.29, 0.717) is 22.6 Å². The second-order valence-electron chi connectivity index (χ2n) is 5.89. The van der Waals surface area contributed by atoms with Crippen LogP contribution >= 0.6 is 23.5 Å². The molecule has 0 atom stereocenters. The van der Waals surface area contributed by atoms with Crippen LogP contribution in [0.5, 0.6) is 0 Å². The van der Waals surface area contributed by atoms with Crippen molar-refractivity contribution in [3.63, 3.8) is 0 Å². The number of thioether (sulfide) groups is 2. The number of anilines is 1. The average Bonchev–Trinajstić information content (AvgIpc) is 3.08. The van der Waals surface area contributed by atoms with Crippen LogP contribution < -0.4 is 4.90 Å². The molecule has 0 aliphatic carbocycles. The van der Waals surface area contributed by atoms with Gasteiger partial charge in [-0.1, -0.05) is 23.9 Å². The lowest BCUT2D eigenvalue weighted by atomic mass is 10.2. The SMILES string of the molecule is CSCc1nnc(SCC(=O)N2CCN(c3cccc(C)c3)CC2)o1. The van der Waals surface area contributed by atoms with E-state index in [4.69, 9.17) is 4.42 Å². The van der Waals surface area contributed by atoms with Crippen LogP contribution in [0.25, 0.3) is 0 Å². The van der Waals surface area contributed by atoms with Crippen LogP contribution in [0.15, 0.2) is 33.9 Å². The third-order valence-corrected chi connectivity index (χ3v) is 5.37. The summed E-state index contributed by atoms with van der Waals surface area (Å²) in [7, 11) is 0. The molecule has 0 saturated carbocycles. The maximum atomic E-state index is 12.4. The molecule has 134 valence electrons. The Labute approximate surface area is 156 Å². The fourth-order valence-corrected chi connectivity index (χ4v) is 3.78. The summed E-state index contributed by atoms with van der Waals surface area (Å²) < 4.78 is 5.49. The molecule has 8 heteroatoms. The van der Waals surface area contributed by atoms with Crippen molar-refractivity contribution in [2.45, 2.75) is 17.9 Å². The number of amides is 1. The van der Waals surface area contributed by atoms with Crippen LogP contribution in [0.2, 0.25) is 0 Å². The molecule has 6 nitrogen and oxygen atoms in total. The number of piperazine rings is 1. The first-order chi connectivity index (χ1) is 12.2. The molecule has 1 fully saturated rings. The smallest absolute Gasteiger partial charge is 0.277 e. The molecule has 25 heavy (non-hydrogen) atoms. The van der Waals surface area contributed by atoms with E-state index in [2.05, 4.69) is 46.3 Å². The minimum Gasteiger partial charge on any atom is -0.415 e. The quantitative estimate of drug-likeness (QED) is 0.716. The molecule has 1 aromatic carbocycles. The zero-order chi connectivity index (χ0) is 17.6. The zero-order valence-electron chi connectivity index (χ0n) is 14.5. The van der Waals surface area contributed by atoms with Crippen molar-refractivity contribution >= 4 is 35.1 Å². The maximum Gasteiger partial charge on any atom is 0.277 e. The minimum atomic E-state index is 0.124. The van der Waals surface area contributed by atoms with Gasteiger partial charge in [-0.15, -0.1) is 10.2 Å². The second kappa shape index (κ2) is 8.62. The first kappa shape index (κ1) is 18.1. The van der Waals surface area contributed by atoms with Crippen LogP contribution in [-0.2, 0) is 10.5 Å². The van der Waals surface area contributed by atoms with E-state index in [-0.39, 0.29) is 5.91 Å². The number of aromatic nitrogens is 2. The lowest BCUT2D eigenvalue weighted by Gasteiger charge is -2.36. The Morgan fingerprint density at radius 3 is 2.76 bits per heavy atom. The summed E-state index contributed by atoms with van der Waals surface area (Å²) in [5, 5.41) is 8.39. The summed E-state index contributed by atoms with van der Waals surface area (Å²) >= 11 is 2.94. The third kappa shape index (κ3) is 4.92. The Morgan fingerprint density at radius 2 is 2.04 bits per heavy atom. The van der Waals surface area contributed by atoms with Gasteiger partial charge in [0.1, 0.15) is 0 Å². The number of aryl methyl sites for hydroxylation is 1. The van der Waals surface area contributed by atoms with Gasteiger partial charge in [0, 0.05) is 31.9 Å². The lowest BCUT2D eigenvalue weighted by molar-refractivity contribution is -0.128. The van der Waals surface area contributed by atoms with Gasteiger partial charge in [0.05, 0.1) is 11.5 Å². The minimum absolute atomic E-state index is 0.124. The summed E-state index contributed by atoms with van der Waals surface area (Å²) in [5.74, 6) is 1.76. The second-order valence-corrected chi connectivity index (χ2v) is 7.68. The van der Waals surface area contributed by atoms with Gasteiger partial charge < -0.3 is 14.2 Å². The van der Waals surface area contributed by atoms with Crippen LogP contribution in [0.4, 0.5) is 5.69 Å². The van der Waals surface area contributed by atoms with Gasteiger partial charge >= 0.3 is 0 Å². The van der Waals surface area contributed by atoms with Gasteiger partial charge in [0.2, 0.25) is 11.8 Å². The summed E-state index contributed by atoms with van der Waals surface area (Å²) in [5.41, 5.74) is 2.49. The summed E-state index contributed by atoms with van der Waals surface area (Å²) in [6.07, 6.45) is 1.98. The van der Waals surface area contributed by atoms with E-state index in [1.807, 2.05) is 11.2 Å². The van der Waals surface area contributed by atoms with E-state index in [9.17, 15) is 4.79 Å². The van der Waals surface area contributed by atoms with Crippen LogP contribution in [-0.4, -0.2) is 59.2 Å². The number of benzene rings is 1. The van der Waals surface area contributed by atoms with Crippen molar-refractivity contribution in [2.75, 3.05) is 43.1 Å². The molecule has 3 rings (SSSR count). The van der Waals surface area contributed by atoms with Gasteiger partial charge in [0.15, 0.2) is 0 Å². The first-order valence-electron chi connectivity index (χ1n) is 8.19. The zero-order valence-corrected chi connectivity index (χ0v) is 16.1. The van der Waals surface area contributed by atoms with Gasteiger partial charge in [-0.25, -0.2) is 0 Å². The highest BCUT2D eigenvalue weighted by atomic mass is 32.2. The highest BCUT2D eigenvalue weighted by Gasteiger charge is 2.22. The van der Waals surface area contributed by atoms with Gasteiger partial charge in [0.25, 0.3) is 5.22 Å². The third-order valence-electron chi connectivity index (χ3n) is 4.03. The summed E-state index contributed by atoms with van der Waals surface area (Å²) in [4.78, 5) is 16.6. The molecule has 0 unspecified atom stereocenters. The number of rotatable bonds is 6. The molecular formula is C17H22N4O2S2. The largest absolute Gasteiger partial charge is 0.415 e. The number of carbonyl (C=O) groups excluding carboxylic acids is 1. The number of hydrogen-bond donors (Lipinski definition) is 0. The van der Waals surface area contributed by atoms with Crippen molar-refractivity contribution in [2.24, 2.45) is 0 Å². The molecule has 0 radical (unpaired) electrons. The predicted molar refractivity (Wildman–Crippen MR) is 102 cm³/mol. The molecule has 1 aromatic heterocycles. The van der Waals surface area contributed by atoms with Crippen LogP contribution in [0, 0.1) is 6.92 Å². The van der Waals surface area contributed by atoms with Gasteiger partial charge in [-0.3, -0.25) is 4.79 Å². The molecule has 0 bridgehead atoms. The molecule has 1 aliphatic rings. The Kier molecular flexibility index (Phi) is 6.25. The predicted octanol–water partition coefficient (Wildman–Crippen LogP) is 2.68. The van der Waals surface area contributed by atoms with Gasteiger partial charge in [-0.05, 0) is 30.9 Å². The van der Waals surface area contributed by atoms with Gasteiger partial charge in [-0.2, -0.15) is 11.8 Å². The molecule has 2 heterocycles. The Morgan fingerprint density at radius 1 is 1.24 bits per heavy atom. The maximum absolute atomic E-state index is 12.4. The summed E-state index contributed by atoms with van der Waals surface area (Å²) in [6, 6.07) is 8.49. The molecule has 1 aliphatic heterocycles. The highest BCUT2D eigenvalue weighted by Crippen LogP contribution is 2.20. The van der Waals surface area contributed by atoms with Crippen LogP contribution in [0.3, 0.4) is 0 Å². The molecule has 1 saturated heterocycles. The fourth-order valence-electron chi connectivity index (χ4n) is 2.73.